The van der Waals surface area contributed by atoms with Crippen molar-refractivity contribution in [1.82, 2.24) is 15.1 Å². The summed E-state index contributed by atoms with van der Waals surface area (Å²) in [5.41, 5.74) is 2.31. The maximum Gasteiger partial charge on any atom is 0.317 e. The van der Waals surface area contributed by atoms with Gasteiger partial charge >= 0.3 is 6.03 Å². The summed E-state index contributed by atoms with van der Waals surface area (Å²) in [4.78, 5) is 44.8. The van der Waals surface area contributed by atoms with E-state index in [2.05, 4.69) is 15.5 Å². The Morgan fingerprint density at radius 3 is 2.08 bits per heavy atom. The van der Waals surface area contributed by atoms with Crippen LogP contribution in [0.2, 0.25) is 0 Å². The van der Waals surface area contributed by atoms with Crippen LogP contribution in [0.4, 0.5) is 16.2 Å². The van der Waals surface area contributed by atoms with Crippen LogP contribution >= 0.6 is 0 Å². The number of rotatable bonds is 4. The van der Waals surface area contributed by atoms with Crippen LogP contribution in [0, 0.1) is 0 Å². The molecule has 0 aromatic heterocycles. The monoisotopic (exact) mass is 491 g/mol. The van der Waals surface area contributed by atoms with Gasteiger partial charge in [0.15, 0.2) is 0 Å². The fraction of sp³-hybridized carbons (Fsp3) is 0.464. The molecule has 2 heterocycles. The number of carbonyl (C=O) groups is 3. The number of amides is 4. The van der Waals surface area contributed by atoms with Crippen molar-refractivity contribution in [1.29, 1.82) is 0 Å². The van der Waals surface area contributed by atoms with Gasteiger partial charge in [-0.25, -0.2) is 4.79 Å². The number of piperidine rings is 1. The van der Waals surface area contributed by atoms with Crippen LogP contribution in [0.5, 0.6) is 0 Å². The van der Waals surface area contributed by atoms with Crippen LogP contribution in [0.3, 0.4) is 0 Å². The van der Waals surface area contributed by atoms with E-state index in [0.29, 0.717) is 43.0 Å². The van der Waals surface area contributed by atoms with Gasteiger partial charge < -0.3 is 25.3 Å². The molecule has 8 heteroatoms. The SMILES string of the molecule is CC(C)(C)NC(=O)N1CCN(c2ccc(NC(=O)c3ccccc3)cc2C(=O)N2CCCCC2)CC1. The summed E-state index contributed by atoms with van der Waals surface area (Å²) in [7, 11) is 0. The second kappa shape index (κ2) is 11.0. The molecule has 0 saturated carbocycles. The fourth-order valence-electron chi connectivity index (χ4n) is 4.67. The van der Waals surface area contributed by atoms with Gasteiger partial charge in [0.05, 0.1) is 5.56 Å². The first-order chi connectivity index (χ1) is 17.2. The average molecular weight is 492 g/mol. The summed E-state index contributed by atoms with van der Waals surface area (Å²) in [6.07, 6.45) is 3.16. The van der Waals surface area contributed by atoms with Crippen LogP contribution in [0.1, 0.15) is 60.7 Å². The molecule has 2 aromatic rings. The van der Waals surface area contributed by atoms with Gasteiger partial charge in [0, 0.05) is 61.7 Å². The van der Waals surface area contributed by atoms with Crippen molar-refractivity contribution in [3.63, 3.8) is 0 Å². The molecule has 4 rings (SSSR count). The quantitative estimate of drug-likeness (QED) is 0.672. The fourth-order valence-corrected chi connectivity index (χ4v) is 4.67. The number of nitrogens with zero attached hydrogens (tertiary/aromatic N) is 3. The van der Waals surface area contributed by atoms with Gasteiger partial charge in [-0.3, -0.25) is 9.59 Å². The van der Waals surface area contributed by atoms with Gasteiger partial charge in [0.25, 0.3) is 11.8 Å². The summed E-state index contributed by atoms with van der Waals surface area (Å²) in [6.45, 7) is 9.82. The maximum absolute atomic E-state index is 13.6. The van der Waals surface area contributed by atoms with Gasteiger partial charge in [-0.1, -0.05) is 18.2 Å². The Labute approximate surface area is 213 Å². The average Bonchev–Trinajstić information content (AvgIpc) is 2.88. The minimum absolute atomic E-state index is 0.00610. The van der Waals surface area contributed by atoms with Crippen LogP contribution in [0.15, 0.2) is 48.5 Å². The Morgan fingerprint density at radius 2 is 1.44 bits per heavy atom. The van der Waals surface area contributed by atoms with Gasteiger partial charge in [-0.05, 0) is 70.4 Å². The number of urea groups is 1. The molecule has 0 radical (unpaired) electrons. The van der Waals surface area contributed by atoms with Crippen LogP contribution < -0.4 is 15.5 Å². The third kappa shape index (κ3) is 6.36. The van der Waals surface area contributed by atoms with E-state index >= 15 is 0 Å². The zero-order valence-corrected chi connectivity index (χ0v) is 21.5. The molecule has 4 amide bonds. The van der Waals surface area contributed by atoms with Crippen molar-refractivity contribution in [3.8, 4) is 0 Å². The number of hydrogen-bond donors (Lipinski definition) is 2. The highest BCUT2D eigenvalue weighted by Gasteiger charge is 2.28. The Hall–Kier alpha value is -3.55. The molecule has 2 fully saturated rings. The van der Waals surface area contributed by atoms with E-state index in [1.54, 1.807) is 18.2 Å². The van der Waals surface area contributed by atoms with Crippen molar-refractivity contribution >= 4 is 29.2 Å². The summed E-state index contributed by atoms with van der Waals surface area (Å²) < 4.78 is 0. The molecular formula is C28H37N5O3. The van der Waals surface area contributed by atoms with Crippen molar-refractivity contribution in [3.05, 3.63) is 59.7 Å². The molecule has 8 nitrogen and oxygen atoms in total. The van der Waals surface area contributed by atoms with Gasteiger partial charge in [-0.15, -0.1) is 0 Å². The Morgan fingerprint density at radius 1 is 0.778 bits per heavy atom. The molecule has 0 atom stereocenters. The Balaban J connectivity index is 1.54. The molecular weight excluding hydrogens is 454 g/mol. The van der Waals surface area contributed by atoms with E-state index in [4.69, 9.17) is 0 Å². The molecule has 0 aliphatic carbocycles. The Bertz CT molecular complexity index is 1080. The summed E-state index contributed by atoms with van der Waals surface area (Å²) in [5, 5.41) is 5.96. The van der Waals surface area contributed by atoms with E-state index in [9.17, 15) is 14.4 Å². The van der Waals surface area contributed by atoms with E-state index in [-0.39, 0.29) is 23.4 Å². The van der Waals surface area contributed by atoms with Crippen molar-refractivity contribution in [2.24, 2.45) is 0 Å². The number of piperazine rings is 1. The molecule has 192 valence electrons. The number of likely N-dealkylation sites (tertiary alicyclic amines) is 1. The molecule has 2 N–H and O–H groups in total. The molecule has 0 unspecified atom stereocenters. The Kier molecular flexibility index (Phi) is 7.82. The molecule has 0 bridgehead atoms. The van der Waals surface area contributed by atoms with Gasteiger partial charge in [-0.2, -0.15) is 0 Å². The molecule has 0 spiro atoms. The van der Waals surface area contributed by atoms with E-state index in [0.717, 1.165) is 38.0 Å². The summed E-state index contributed by atoms with van der Waals surface area (Å²) in [5.74, 6) is -0.216. The number of hydrogen-bond acceptors (Lipinski definition) is 4. The molecule has 2 saturated heterocycles. The minimum Gasteiger partial charge on any atom is -0.367 e. The first-order valence-corrected chi connectivity index (χ1v) is 12.8. The van der Waals surface area contributed by atoms with E-state index in [1.165, 1.54) is 0 Å². The second-order valence-electron chi connectivity index (χ2n) is 10.6. The summed E-state index contributed by atoms with van der Waals surface area (Å²) >= 11 is 0. The normalized spacial score (nSPS) is 16.5. The lowest BCUT2D eigenvalue weighted by atomic mass is 10.1. The predicted molar refractivity (Wildman–Crippen MR) is 143 cm³/mol. The highest BCUT2D eigenvalue weighted by Crippen LogP contribution is 2.28. The first kappa shape index (κ1) is 25.5. The lowest BCUT2D eigenvalue weighted by Crippen LogP contribution is -2.55. The standard InChI is InChI=1S/C28H37N5O3/c1-28(2,3)30-27(36)33-18-16-31(17-19-33)24-13-12-22(29-25(34)21-10-6-4-7-11-21)20-23(24)26(35)32-14-8-5-9-15-32/h4,6-7,10-13,20H,5,8-9,14-19H2,1-3H3,(H,29,34)(H,30,36). The van der Waals surface area contributed by atoms with E-state index in [1.807, 2.05) is 60.9 Å². The number of nitrogens with one attached hydrogen (secondary N) is 2. The lowest BCUT2D eigenvalue weighted by Gasteiger charge is -2.38. The molecule has 2 aliphatic heterocycles. The number of carbonyl (C=O) groups excluding carboxylic acids is 3. The highest BCUT2D eigenvalue weighted by atomic mass is 16.2. The number of anilines is 2. The second-order valence-corrected chi connectivity index (χ2v) is 10.6. The zero-order valence-electron chi connectivity index (χ0n) is 21.5. The molecule has 2 aliphatic rings. The highest BCUT2D eigenvalue weighted by molar-refractivity contribution is 6.06. The van der Waals surface area contributed by atoms with Crippen molar-refractivity contribution in [2.45, 2.75) is 45.6 Å². The van der Waals surface area contributed by atoms with Crippen molar-refractivity contribution < 1.29 is 14.4 Å². The van der Waals surface area contributed by atoms with Crippen LogP contribution in [0.25, 0.3) is 0 Å². The zero-order chi connectivity index (χ0) is 25.7. The van der Waals surface area contributed by atoms with E-state index < -0.39 is 0 Å². The van der Waals surface area contributed by atoms with Gasteiger partial charge in [0.1, 0.15) is 0 Å². The number of benzene rings is 2. The largest absolute Gasteiger partial charge is 0.367 e. The van der Waals surface area contributed by atoms with Crippen molar-refractivity contribution in [2.75, 3.05) is 49.5 Å². The predicted octanol–water partition coefficient (Wildman–Crippen LogP) is 4.20. The van der Waals surface area contributed by atoms with Gasteiger partial charge in [0.2, 0.25) is 0 Å². The molecule has 36 heavy (non-hydrogen) atoms. The third-order valence-corrected chi connectivity index (χ3v) is 6.55. The van der Waals surface area contributed by atoms with Crippen LogP contribution in [-0.4, -0.2) is 72.5 Å². The summed E-state index contributed by atoms with van der Waals surface area (Å²) in [6, 6.07) is 14.5. The maximum atomic E-state index is 13.6. The first-order valence-electron chi connectivity index (χ1n) is 12.8. The lowest BCUT2D eigenvalue weighted by molar-refractivity contribution is 0.0724. The minimum atomic E-state index is -0.289. The third-order valence-electron chi connectivity index (χ3n) is 6.55. The van der Waals surface area contributed by atoms with Crippen LogP contribution in [-0.2, 0) is 0 Å². The smallest absolute Gasteiger partial charge is 0.317 e. The topological polar surface area (TPSA) is 85.0 Å². The molecule has 2 aromatic carbocycles.